The lowest BCUT2D eigenvalue weighted by molar-refractivity contribution is 0.413. The topological polar surface area (TPSA) is 53.5 Å². The molecule has 4 nitrogen and oxygen atoms in total. The number of nitrogens with zero attached hydrogens (tertiary/aromatic N) is 1. The quantitative estimate of drug-likeness (QED) is 0.381. The number of nitrogens with one attached hydrogen (secondary N) is 2. The first-order valence-electron chi connectivity index (χ1n) is 8.21. The molecule has 0 radical (unpaired) electrons. The Balaban J connectivity index is 0.00000288. The second kappa shape index (κ2) is 11.3. The molecule has 0 bridgehead atoms. The van der Waals surface area contributed by atoms with Crippen molar-refractivity contribution < 1.29 is 4.21 Å². The van der Waals surface area contributed by atoms with Crippen LogP contribution >= 0.6 is 35.6 Å². The van der Waals surface area contributed by atoms with Crippen molar-refractivity contribution in [3.63, 3.8) is 0 Å². The Bertz CT molecular complexity index is 571. The maximum atomic E-state index is 12.0. The molecular formula is C17H27ClIN3OS. The normalized spacial score (nSPS) is 22.4. The molecule has 0 amide bonds. The summed E-state index contributed by atoms with van der Waals surface area (Å²) in [5, 5.41) is 7.85. The van der Waals surface area contributed by atoms with Crippen molar-refractivity contribution in [2.45, 2.75) is 50.4 Å². The Morgan fingerprint density at radius 2 is 2.21 bits per heavy atom. The molecule has 136 valence electrons. The summed E-state index contributed by atoms with van der Waals surface area (Å²) in [4.78, 5) is 4.30. The number of rotatable bonds is 5. The minimum atomic E-state index is -0.702. The zero-order valence-electron chi connectivity index (χ0n) is 14.3. The second-order valence-corrected chi connectivity index (χ2v) is 8.30. The van der Waals surface area contributed by atoms with E-state index in [2.05, 4.69) is 15.6 Å². The van der Waals surface area contributed by atoms with Gasteiger partial charge in [0.05, 0.1) is 0 Å². The van der Waals surface area contributed by atoms with Gasteiger partial charge in [0.25, 0.3) is 0 Å². The molecule has 0 aromatic heterocycles. The van der Waals surface area contributed by atoms with E-state index in [-0.39, 0.29) is 24.0 Å². The van der Waals surface area contributed by atoms with Crippen molar-refractivity contribution in [2.75, 3.05) is 12.8 Å². The standard InChI is InChI=1S/C17H26ClN3OS.HI/c1-3-23(22)16-9-5-8-15(11-16)21-17(19-2)20-12-13-6-4-7-14(18)10-13;/h4,6-7,10,15-16H,3,5,8-9,11-12H2,1-2H3,(H2,19,20,21);1H. The fourth-order valence-corrected chi connectivity index (χ4v) is 4.53. The van der Waals surface area contributed by atoms with Crippen molar-refractivity contribution in [3.05, 3.63) is 34.9 Å². The van der Waals surface area contributed by atoms with Crippen LogP contribution in [0.2, 0.25) is 5.02 Å². The van der Waals surface area contributed by atoms with E-state index in [0.717, 1.165) is 48.0 Å². The Morgan fingerprint density at radius 3 is 2.88 bits per heavy atom. The van der Waals surface area contributed by atoms with E-state index in [1.54, 1.807) is 7.05 Å². The number of aliphatic imine (C=N–C) groups is 1. The molecule has 1 aromatic rings. The molecular weight excluding hydrogens is 457 g/mol. The summed E-state index contributed by atoms with van der Waals surface area (Å²) in [6.07, 6.45) is 4.26. The van der Waals surface area contributed by atoms with Gasteiger partial charge in [0.15, 0.2) is 5.96 Å². The van der Waals surface area contributed by atoms with Crippen molar-refractivity contribution in [2.24, 2.45) is 4.99 Å². The van der Waals surface area contributed by atoms with E-state index < -0.39 is 10.8 Å². The van der Waals surface area contributed by atoms with Gasteiger partial charge in [-0.1, -0.05) is 37.1 Å². The number of guanidine groups is 1. The molecule has 0 spiro atoms. The molecule has 1 saturated carbocycles. The monoisotopic (exact) mass is 483 g/mol. The lowest BCUT2D eigenvalue weighted by Crippen LogP contribution is -2.46. The molecule has 3 atom stereocenters. The van der Waals surface area contributed by atoms with E-state index in [4.69, 9.17) is 11.6 Å². The van der Waals surface area contributed by atoms with Crippen LogP contribution < -0.4 is 10.6 Å². The highest BCUT2D eigenvalue weighted by Crippen LogP contribution is 2.23. The van der Waals surface area contributed by atoms with Crippen molar-refractivity contribution >= 4 is 52.3 Å². The highest BCUT2D eigenvalue weighted by Gasteiger charge is 2.25. The van der Waals surface area contributed by atoms with Gasteiger partial charge in [-0.25, -0.2) is 0 Å². The molecule has 1 fully saturated rings. The van der Waals surface area contributed by atoms with Gasteiger partial charge in [0, 0.05) is 46.5 Å². The largest absolute Gasteiger partial charge is 0.354 e. The number of hydrogen-bond acceptors (Lipinski definition) is 2. The highest BCUT2D eigenvalue weighted by atomic mass is 127. The smallest absolute Gasteiger partial charge is 0.191 e. The third kappa shape index (κ3) is 6.88. The van der Waals surface area contributed by atoms with Crippen LogP contribution in [0.25, 0.3) is 0 Å². The average molecular weight is 484 g/mol. The zero-order chi connectivity index (χ0) is 16.7. The van der Waals surface area contributed by atoms with E-state index in [1.165, 1.54) is 0 Å². The molecule has 0 aliphatic heterocycles. The van der Waals surface area contributed by atoms with Crippen molar-refractivity contribution in [3.8, 4) is 0 Å². The van der Waals surface area contributed by atoms with Gasteiger partial charge in [0.2, 0.25) is 0 Å². The van der Waals surface area contributed by atoms with Gasteiger partial charge in [-0.2, -0.15) is 0 Å². The number of benzene rings is 1. The molecule has 24 heavy (non-hydrogen) atoms. The molecule has 0 heterocycles. The van der Waals surface area contributed by atoms with E-state index in [1.807, 2.05) is 31.2 Å². The molecule has 7 heteroatoms. The van der Waals surface area contributed by atoms with E-state index in [9.17, 15) is 4.21 Å². The van der Waals surface area contributed by atoms with Crippen LogP contribution in [0.15, 0.2) is 29.3 Å². The molecule has 1 aliphatic carbocycles. The first-order chi connectivity index (χ1) is 11.1. The molecule has 1 aromatic carbocycles. The van der Waals surface area contributed by atoms with Gasteiger partial charge in [-0.05, 0) is 37.0 Å². The second-order valence-electron chi connectivity index (χ2n) is 5.85. The lowest BCUT2D eigenvalue weighted by atomic mass is 9.95. The zero-order valence-corrected chi connectivity index (χ0v) is 18.2. The SMILES string of the molecule is CCS(=O)C1CCCC(NC(=NC)NCc2cccc(Cl)c2)C1.I. The molecule has 3 unspecified atom stereocenters. The van der Waals surface area contributed by atoms with Gasteiger partial charge in [0.1, 0.15) is 0 Å². The van der Waals surface area contributed by atoms with Gasteiger partial charge in [-0.3, -0.25) is 9.20 Å². The minimum absolute atomic E-state index is 0. The highest BCUT2D eigenvalue weighted by molar-refractivity contribution is 14.0. The molecule has 0 saturated heterocycles. The molecule has 1 aliphatic rings. The van der Waals surface area contributed by atoms with Gasteiger partial charge < -0.3 is 10.6 Å². The lowest BCUT2D eigenvalue weighted by Gasteiger charge is -2.30. The average Bonchev–Trinajstić information content (AvgIpc) is 2.58. The van der Waals surface area contributed by atoms with Crippen LogP contribution in [-0.2, 0) is 17.3 Å². The van der Waals surface area contributed by atoms with Crippen molar-refractivity contribution in [1.29, 1.82) is 0 Å². The van der Waals surface area contributed by atoms with Crippen LogP contribution in [0, 0.1) is 0 Å². The minimum Gasteiger partial charge on any atom is -0.354 e. The van der Waals surface area contributed by atoms with Gasteiger partial charge >= 0.3 is 0 Å². The molecule has 2 rings (SSSR count). The van der Waals surface area contributed by atoms with Crippen LogP contribution in [0.1, 0.15) is 38.2 Å². The summed E-state index contributed by atoms with van der Waals surface area (Å²) in [7, 11) is 1.07. The van der Waals surface area contributed by atoms with Crippen LogP contribution in [-0.4, -0.2) is 34.3 Å². The first kappa shape index (κ1) is 21.7. The summed E-state index contributed by atoms with van der Waals surface area (Å²) in [6, 6.07) is 8.14. The van der Waals surface area contributed by atoms with E-state index >= 15 is 0 Å². The van der Waals surface area contributed by atoms with Gasteiger partial charge in [-0.15, -0.1) is 24.0 Å². The van der Waals surface area contributed by atoms with E-state index in [0.29, 0.717) is 17.8 Å². The molecule has 2 N–H and O–H groups in total. The predicted molar refractivity (Wildman–Crippen MR) is 115 cm³/mol. The van der Waals surface area contributed by atoms with Crippen LogP contribution in [0.3, 0.4) is 0 Å². The van der Waals surface area contributed by atoms with Crippen LogP contribution in [0.5, 0.6) is 0 Å². The third-order valence-corrected chi connectivity index (χ3v) is 6.17. The summed E-state index contributed by atoms with van der Waals surface area (Å²) in [5.74, 6) is 1.54. The van der Waals surface area contributed by atoms with Crippen molar-refractivity contribution in [1.82, 2.24) is 10.6 Å². The Kier molecular flexibility index (Phi) is 10.2. The third-order valence-electron chi connectivity index (χ3n) is 4.20. The summed E-state index contributed by atoms with van der Waals surface area (Å²) in [5.41, 5.74) is 1.12. The Morgan fingerprint density at radius 1 is 1.42 bits per heavy atom. The summed E-state index contributed by atoms with van der Waals surface area (Å²) in [6.45, 7) is 2.68. The Hall–Kier alpha value is -0.340. The van der Waals surface area contributed by atoms with Crippen LogP contribution in [0.4, 0.5) is 0 Å². The maximum Gasteiger partial charge on any atom is 0.191 e. The Labute approximate surface area is 169 Å². The fraction of sp³-hybridized carbons (Fsp3) is 0.588. The first-order valence-corrected chi connectivity index (χ1v) is 9.97. The summed E-state index contributed by atoms with van der Waals surface area (Å²) < 4.78 is 12.0. The number of hydrogen-bond donors (Lipinski definition) is 2. The maximum absolute atomic E-state index is 12.0. The predicted octanol–water partition coefficient (Wildman–Crippen LogP) is 3.70. The summed E-state index contributed by atoms with van der Waals surface area (Å²) >= 11 is 6.01. The fourth-order valence-electron chi connectivity index (χ4n) is 2.97. The number of halogens is 2.